The first-order valence-corrected chi connectivity index (χ1v) is 4.22. The minimum atomic E-state index is 0.338. The highest BCUT2D eigenvalue weighted by Crippen LogP contribution is 2.10. The number of phenolic OH excluding ortho intramolecular Hbond substituents is 1. The Morgan fingerprint density at radius 3 is 2.50 bits per heavy atom. The van der Waals surface area contributed by atoms with Gasteiger partial charge in [-0.2, -0.15) is 0 Å². The third kappa shape index (κ3) is 2.79. The second-order valence-corrected chi connectivity index (χ2v) is 2.77. The molecule has 0 saturated carbocycles. The SMILES string of the molecule is C/C=C/CCc1ccc(O)cc1. The van der Waals surface area contributed by atoms with Crippen molar-refractivity contribution in [1.82, 2.24) is 0 Å². The standard InChI is InChI=1S/C11H14O/c1-2-3-4-5-10-6-8-11(12)9-7-10/h2-3,6-9,12H,4-5H2,1H3/b3-2+. The molecular weight excluding hydrogens is 148 g/mol. The molecule has 1 heteroatoms. The number of aromatic hydroxyl groups is 1. The highest BCUT2D eigenvalue weighted by molar-refractivity contribution is 5.26. The first-order valence-electron chi connectivity index (χ1n) is 4.22. The van der Waals surface area contributed by atoms with Gasteiger partial charge >= 0.3 is 0 Å². The Morgan fingerprint density at radius 1 is 1.25 bits per heavy atom. The number of aryl methyl sites for hydroxylation is 1. The lowest BCUT2D eigenvalue weighted by molar-refractivity contribution is 0.475. The van der Waals surface area contributed by atoms with Crippen molar-refractivity contribution in [3.8, 4) is 5.75 Å². The van der Waals surface area contributed by atoms with E-state index in [0.29, 0.717) is 5.75 Å². The maximum Gasteiger partial charge on any atom is 0.115 e. The number of phenols is 1. The molecule has 0 aliphatic rings. The average Bonchev–Trinajstić information content (AvgIpc) is 2.09. The molecule has 12 heavy (non-hydrogen) atoms. The summed E-state index contributed by atoms with van der Waals surface area (Å²) in [6.45, 7) is 2.02. The van der Waals surface area contributed by atoms with Gasteiger partial charge in [0.05, 0.1) is 0 Å². The fourth-order valence-corrected chi connectivity index (χ4v) is 1.08. The molecule has 1 nitrogen and oxygen atoms in total. The van der Waals surface area contributed by atoms with Crippen LogP contribution in [-0.2, 0) is 6.42 Å². The topological polar surface area (TPSA) is 20.2 Å². The number of hydrogen-bond donors (Lipinski definition) is 1. The molecule has 0 aliphatic carbocycles. The van der Waals surface area contributed by atoms with Crippen molar-refractivity contribution in [3.63, 3.8) is 0 Å². The summed E-state index contributed by atoms with van der Waals surface area (Å²) in [6, 6.07) is 7.37. The molecule has 0 saturated heterocycles. The van der Waals surface area contributed by atoms with E-state index in [1.165, 1.54) is 5.56 Å². The van der Waals surface area contributed by atoms with Crippen LogP contribution in [0.5, 0.6) is 5.75 Å². The Hall–Kier alpha value is -1.24. The largest absolute Gasteiger partial charge is 0.508 e. The molecule has 0 aliphatic heterocycles. The van der Waals surface area contributed by atoms with Crippen molar-refractivity contribution >= 4 is 0 Å². The maximum absolute atomic E-state index is 9.01. The molecule has 1 aromatic carbocycles. The van der Waals surface area contributed by atoms with Crippen LogP contribution in [0.3, 0.4) is 0 Å². The van der Waals surface area contributed by atoms with Crippen LogP contribution in [0.4, 0.5) is 0 Å². The van der Waals surface area contributed by atoms with Crippen molar-refractivity contribution in [2.75, 3.05) is 0 Å². The van der Waals surface area contributed by atoms with E-state index in [-0.39, 0.29) is 0 Å². The van der Waals surface area contributed by atoms with Gasteiger partial charge in [0.15, 0.2) is 0 Å². The Bertz CT molecular complexity index is 246. The quantitative estimate of drug-likeness (QED) is 0.677. The summed E-state index contributed by atoms with van der Waals surface area (Å²) in [6.07, 6.45) is 6.32. The number of benzene rings is 1. The minimum Gasteiger partial charge on any atom is -0.508 e. The molecule has 0 amide bonds. The van der Waals surface area contributed by atoms with Gasteiger partial charge in [0.1, 0.15) is 5.75 Å². The molecule has 0 bridgehead atoms. The van der Waals surface area contributed by atoms with Gasteiger partial charge in [-0.15, -0.1) is 0 Å². The van der Waals surface area contributed by atoms with Gasteiger partial charge in [0.2, 0.25) is 0 Å². The zero-order chi connectivity index (χ0) is 8.81. The van der Waals surface area contributed by atoms with Crippen molar-refractivity contribution in [3.05, 3.63) is 42.0 Å². The van der Waals surface area contributed by atoms with Crippen LogP contribution >= 0.6 is 0 Å². The van der Waals surface area contributed by atoms with Gasteiger partial charge < -0.3 is 5.11 Å². The minimum absolute atomic E-state index is 0.338. The smallest absolute Gasteiger partial charge is 0.115 e. The number of rotatable bonds is 3. The summed E-state index contributed by atoms with van der Waals surface area (Å²) in [5.74, 6) is 0.338. The molecule has 1 rings (SSSR count). The monoisotopic (exact) mass is 162 g/mol. The van der Waals surface area contributed by atoms with Crippen molar-refractivity contribution in [1.29, 1.82) is 0 Å². The van der Waals surface area contributed by atoms with Crippen molar-refractivity contribution in [2.24, 2.45) is 0 Å². The fourth-order valence-electron chi connectivity index (χ4n) is 1.08. The van der Waals surface area contributed by atoms with E-state index < -0.39 is 0 Å². The van der Waals surface area contributed by atoms with E-state index in [1.54, 1.807) is 12.1 Å². The molecule has 0 atom stereocenters. The van der Waals surface area contributed by atoms with Crippen LogP contribution < -0.4 is 0 Å². The lowest BCUT2D eigenvalue weighted by Gasteiger charge is -1.97. The van der Waals surface area contributed by atoms with Gasteiger partial charge in [0.25, 0.3) is 0 Å². The van der Waals surface area contributed by atoms with Crippen molar-refractivity contribution in [2.45, 2.75) is 19.8 Å². The molecule has 1 aromatic rings. The van der Waals surface area contributed by atoms with Gasteiger partial charge in [-0.1, -0.05) is 24.3 Å². The summed E-state index contributed by atoms with van der Waals surface area (Å²) in [5, 5.41) is 9.01. The molecular formula is C11H14O. The zero-order valence-electron chi connectivity index (χ0n) is 7.33. The predicted octanol–water partition coefficient (Wildman–Crippen LogP) is 2.90. The first-order chi connectivity index (χ1) is 5.83. The molecule has 0 radical (unpaired) electrons. The highest BCUT2D eigenvalue weighted by atomic mass is 16.3. The Kier molecular flexibility index (Phi) is 3.39. The van der Waals surface area contributed by atoms with Crippen LogP contribution in [-0.4, -0.2) is 5.11 Å². The summed E-state index contributed by atoms with van der Waals surface area (Å²) in [4.78, 5) is 0. The van der Waals surface area contributed by atoms with Crippen LogP contribution in [0.25, 0.3) is 0 Å². The number of allylic oxidation sites excluding steroid dienone is 2. The van der Waals surface area contributed by atoms with E-state index >= 15 is 0 Å². The van der Waals surface area contributed by atoms with Gasteiger partial charge in [-0.25, -0.2) is 0 Å². The molecule has 64 valence electrons. The predicted molar refractivity (Wildman–Crippen MR) is 51.2 cm³/mol. The Labute approximate surface area is 73.4 Å². The lowest BCUT2D eigenvalue weighted by Crippen LogP contribution is -1.81. The summed E-state index contributed by atoms with van der Waals surface area (Å²) >= 11 is 0. The Balaban J connectivity index is 2.47. The molecule has 1 N–H and O–H groups in total. The molecule has 0 unspecified atom stereocenters. The van der Waals surface area contributed by atoms with Crippen molar-refractivity contribution < 1.29 is 5.11 Å². The van der Waals surface area contributed by atoms with E-state index in [2.05, 4.69) is 12.2 Å². The van der Waals surface area contributed by atoms with E-state index in [0.717, 1.165) is 12.8 Å². The lowest BCUT2D eigenvalue weighted by atomic mass is 10.1. The van der Waals surface area contributed by atoms with Gasteiger partial charge in [-0.3, -0.25) is 0 Å². The normalized spacial score (nSPS) is 10.8. The molecule has 0 fully saturated rings. The molecule has 0 spiro atoms. The Morgan fingerprint density at radius 2 is 1.92 bits per heavy atom. The van der Waals surface area contributed by atoms with Crippen LogP contribution in [0.1, 0.15) is 18.9 Å². The molecule has 0 heterocycles. The van der Waals surface area contributed by atoms with Crippen LogP contribution in [0.2, 0.25) is 0 Å². The maximum atomic E-state index is 9.01. The van der Waals surface area contributed by atoms with Crippen LogP contribution in [0.15, 0.2) is 36.4 Å². The van der Waals surface area contributed by atoms with Gasteiger partial charge in [-0.05, 0) is 37.5 Å². The first kappa shape index (κ1) is 8.85. The zero-order valence-corrected chi connectivity index (χ0v) is 7.33. The van der Waals surface area contributed by atoms with E-state index in [9.17, 15) is 0 Å². The fraction of sp³-hybridized carbons (Fsp3) is 0.273. The van der Waals surface area contributed by atoms with Crippen LogP contribution in [0, 0.1) is 0 Å². The summed E-state index contributed by atoms with van der Waals surface area (Å²) in [7, 11) is 0. The van der Waals surface area contributed by atoms with E-state index in [1.807, 2.05) is 19.1 Å². The highest BCUT2D eigenvalue weighted by Gasteiger charge is 1.90. The summed E-state index contributed by atoms with van der Waals surface area (Å²) < 4.78 is 0. The van der Waals surface area contributed by atoms with Gasteiger partial charge in [0, 0.05) is 0 Å². The third-order valence-corrected chi connectivity index (χ3v) is 1.77. The number of hydrogen-bond acceptors (Lipinski definition) is 1. The summed E-state index contributed by atoms with van der Waals surface area (Å²) in [5.41, 5.74) is 1.27. The molecule has 0 aromatic heterocycles. The second-order valence-electron chi connectivity index (χ2n) is 2.77. The average molecular weight is 162 g/mol. The third-order valence-electron chi connectivity index (χ3n) is 1.77. The van der Waals surface area contributed by atoms with E-state index in [4.69, 9.17) is 5.11 Å². The second kappa shape index (κ2) is 4.60.